The summed E-state index contributed by atoms with van der Waals surface area (Å²) in [6.45, 7) is 4.27. The molecule has 9 nitrogen and oxygen atoms in total. The summed E-state index contributed by atoms with van der Waals surface area (Å²) in [5.41, 5.74) is 3.34. The first-order valence-electron chi connectivity index (χ1n) is 13.9. The van der Waals surface area contributed by atoms with Crippen LogP contribution in [0.4, 0.5) is 5.95 Å². The number of amides is 1. The van der Waals surface area contributed by atoms with Crippen molar-refractivity contribution in [3.63, 3.8) is 0 Å². The topological polar surface area (TPSA) is 94.3 Å². The van der Waals surface area contributed by atoms with Gasteiger partial charge in [0.1, 0.15) is 0 Å². The van der Waals surface area contributed by atoms with Crippen LogP contribution in [-0.4, -0.2) is 61.8 Å². The normalized spacial score (nSPS) is 22.7. The van der Waals surface area contributed by atoms with Crippen molar-refractivity contribution in [2.24, 2.45) is 0 Å². The van der Waals surface area contributed by atoms with Gasteiger partial charge in [0.15, 0.2) is 0 Å². The molecule has 1 saturated carbocycles. The summed E-state index contributed by atoms with van der Waals surface area (Å²) < 4.78 is 9.17. The fraction of sp³-hybridized carbons (Fsp3) is 0.517. The quantitative estimate of drug-likeness (QED) is 0.530. The van der Waals surface area contributed by atoms with E-state index in [4.69, 9.17) is 9.72 Å². The number of carbonyl (C=O) groups is 1. The van der Waals surface area contributed by atoms with Crippen LogP contribution in [0, 0.1) is 6.92 Å². The number of imidazole rings is 1. The molecule has 0 radical (unpaired) electrons. The van der Waals surface area contributed by atoms with Gasteiger partial charge in [-0.15, -0.1) is 0 Å². The summed E-state index contributed by atoms with van der Waals surface area (Å²) in [6.07, 6.45) is 11.0. The number of nitrogens with zero attached hydrogens (tertiary/aromatic N) is 5. The first kappa shape index (κ1) is 24.9. The molecule has 0 spiro atoms. The minimum atomic E-state index is -0.0552. The minimum Gasteiger partial charge on any atom is -0.381 e. The first-order valence-corrected chi connectivity index (χ1v) is 13.9. The lowest BCUT2D eigenvalue weighted by atomic mass is 9.90. The van der Waals surface area contributed by atoms with Crippen LogP contribution >= 0.6 is 0 Å². The SMILES string of the molecule is Cc1cccc(-n2c(-c3ccnc(NC4CCC(N5CCCC5=O)CC4)n3)cn(C3CCOCC3)c2=O)c1. The number of anilines is 1. The van der Waals surface area contributed by atoms with E-state index in [-0.39, 0.29) is 17.8 Å². The highest BCUT2D eigenvalue weighted by Gasteiger charge is 2.31. The molecule has 3 aliphatic rings. The Hall–Kier alpha value is -3.46. The third-order valence-electron chi connectivity index (χ3n) is 8.26. The van der Waals surface area contributed by atoms with Crippen LogP contribution in [-0.2, 0) is 9.53 Å². The van der Waals surface area contributed by atoms with E-state index in [2.05, 4.69) is 15.2 Å². The van der Waals surface area contributed by atoms with Crippen molar-refractivity contribution in [1.29, 1.82) is 0 Å². The maximum atomic E-state index is 13.7. The van der Waals surface area contributed by atoms with Crippen molar-refractivity contribution < 1.29 is 9.53 Å². The molecular weight excluding hydrogens is 480 g/mol. The number of carbonyl (C=O) groups excluding carboxylic acids is 1. The van der Waals surface area contributed by atoms with Crippen LogP contribution < -0.4 is 11.0 Å². The largest absolute Gasteiger partial charge is 0.381 e. The zero-order chi connectivity index (χ0) is 26.1. The number of ether oxygens (including phenoxy) is 1. The smallest absolute Gasteiger partial charge is 0.333 e. The van der Waals surface area contributed by atoms with E-state index in [1.165, 1.54) is 0 Å². The molecule has 2 aliphatic heterocycles. The molecule has 1 aromatic carbocycles. The summed E-state index contributed by atoms with van der Waals surface area (Å²) in [7, 11) is 0. The monoisotopic (exact) mass is 516 g/mol. The van der Waals surface area contributed by atoms with Crippen LogP contribution in [0.25, 0.3) is 17.1 Å². The highest BCUT2D eigenvalue weighted by Crippen LogP contribution is 2.29. The van der Waals surface area contributed by atoms with Gasteiger partial charge in [-0.2, -0.15) is 0 Å². The molecule has 6 rings (SSSR count). The molecule has 0 bridgehead atoms. The zero-order valence-corrected chi connectivity index (χ0v) is 22.0. The Morgan fingerprint density at radius 2 is 1.82 bits per heavy atom. The van der Waals surface area contributed by atoms with Gasteiger partial charge in [-0.05, 0) is 75.6 Å². The number of hydrogen-bond donors (Lipinski definition) is 1. The second-order valence-electron chi connectivity index (χ2n) is 10.8. The molecule has 4 heterocycles. The lowest BCUT2D eigenvalue weighted by Crippen LogP contribution is -2.41. The van der Waals surface area contributed by atoms with Crippen molar-refractivity contribution in [3.05, 3.63) is 58.8 Å². The summed E-state index contributed by atoms with van der Waals surface area (Å²) >= 11 is 0. The molecule has 9 heteroatoms. The number of nitrogens with one attached hydrogen (secondary N) is 1. The van der Waals surface area contributed by atoms with Crippen molar-refractivity contribution >= 4 is 11.9 Å². The van der Waals surface area contributed by atoms with Gasteiger partial charge >= 0.3 is 5.69 Å². The Labute approximate surface area is 222 Å². The lowest BCUT2D eigenvalue weighted by Gasteiger charge is -2.34. The summed E-state index contributed by atoms with van der Waals surface area (Å²) in [6, 6.07) is 10.6. The second kappa shape index (κ2) is 10.7. The molecule has 0 atom stereocenters. The molecule has 0 unspecified atom stereocenters. The Morgan fingerprint density at radius 3 is 2.55 bits per heavy atom. The van der Waals surface area contributed by atoms with E-state index in [0.717, 1.165) is 68.4 Å². The summed E-state index contributed by atoms with van der Waals surface area (Å²) in [5, 5.41) is 3.53. The van der Waals surface area contributed by atoms with Crippen LogP contribution in [0.3, 0.4) is 0 Å². The Balaban J connectivity index is 1.26. The van der Waals surface area contributed by atoms with Gasteiger partial charge < -0.3 is 15.0 Å². The number of benzene rings is 1. The van der Waals surface area contributed by atoms with Gasteiger partial charge in [0.2, 0.25) is 11.9 Å². The number of aryl methyl sites for hydroxylation is 1. The molecule has 2 saturated heterocycles. The first-order chi connectivity index (χ1) is 18.6. The van der Waals surface area contributed by atoms with Crippen LogP contribution in [0.15, 0.2) is 47.5 Å². The highest BCUT2D eigenvalue weighted by atomic mass is 16.5. The van der Waals surface area contributed by atoms with Crippen LogP contribution in [0.2, 0.25) is 0 Å². The maximum Gasteiger partial charge on any atom is 0.333 e. The van der Waals surface area contributed by atoms with Crippen molar-refractivity contribution in [2.75, 3.05) is 25.1 Å². The molecule has 1 aliphatic carbocycles. The van der Waals surface area contributed by atoms with Gasteiger partial charge in [0.05, 0.1) is 17.1 Å². The average molecular weight is 517 g/mol. The van der Waals surface area contributed by atoms with E-state index in [1.807, 2.05) is 48.0 Å². The van der Waals surface area contributed by atoms with E-state index in [9.17, 15) is 9.59 Å². The van der Waals surface area contributed by atoms with Crippen LogP contribution in [0.1, 0.15) is 63.0 Å². The Kier molecular flexibility index (Phi) is 7.02. The molecule has 2 aromatic heterocycles. The molecule has 3 fully saturated rings. The fourth-order valence-corrected chi connectivity index (χ4v) is 6.23. The van der Waals surface area contributed by atoms with Gasteiger partial charge in [0, 0.05) is 56.7 Å². The number of aromatic nitrogens is 4. The zero-order valence-electron chi connectivity index (χ0n) is 22.0. The van der Waals surface area contributed by atoms with E-state index in [0.29, 0.717) is 43.2 Å². The number of likely N-dealkylation sites (tertiary alicyclic amines) is 1. The predicted octanol–water partition coefficient (Wildman–Crippen LogP) is 4.10. The minimum absolute atomic E-state index is 0.0552. The van der Waals surface area contributed by atoms with Gasteiger partial charge in [-0.25, -0.2) is 14.8 Å². The van der Waals surface area contributed by atoms with E-state index >= 15 is 0 Å². The molecule has 1 N–H and O–H groups in total. The molecule has 200 valence electrons. The van der Waals surface area contributed by atoms with Gasteiger partial charge in [0.25, 0.3) is 0 Å². The molecular formula is C29H36N6O3. The third-order valence-corrected chi connectivity index (χ3v) is 8.26. The second-order valence-corrected chi connectivity index (χ2v) is 10.8. The third kappa shape index (κ3) is 4.99. The van der Waals surface area contributed by atoms with Crippen LogP contribution in [0.5, 0.6) is 0 Å². The Morgan fingerprint density at radius 1 is 1.00 bits per heavy atom. The van der Waals surface area contributed by atoms with Crippen molar-refractivity contribution in [3.8, 4) is 17.1 Å². The number of hydrogen-bond acceptors (Lipinski definition) is 6. The van der Waals surface area contributed by atoms with E-state index in [1.54, 1.807) is 10.8 Å². The van der Waals surface area contributed by atoms with Crippen molar-refractivity contribution in [1.82, 2.24) is 24.0 Å². The van der Waals surface area contributed by atoms with Gasteiger partial charge in [-0.3, -0.25) is 13.9 Å². The summed E-state index contributed by atoms with van der Waals surface area (Å²) in [4.78, 5) is 37.3. The summed E-state index contributed by atoms with van der Waals surface area (Å²) in [5.74, 6) is 0.884. The van der Waals surface area contributed by atoms with Crippen molar-refractivity contribution in [2.45, 2.75) is 76.4 Å². The molecule has 3 aromatic rings. The Bertz CT molecular complexity index is 1350. The lowest BCUT2D eigenvalue weighted by molar-refractivity contribution is -0.130. The molecule has 38 heavy (non-hydrogen) atoms. The highest BCUT2D eigenvalue weighted by molar-refractivity contribution is 5.78. The fourth-order valence-electron chi connectivity index (χ4n) is 6.23. The maximum absolute atomic E-state index is 13.7. The predicted molar refractivity (Wildman–Crippen MR) is 145 cm³/mol. The number of rotatable bonds is 6. The standard InChI is InChI=1S/C29H36N6O3/c1-20-4-2-5-24(18-20)35-26(19-34(29(35)37)23-12-16-38-17-13-23)25-11-14-30-28(32-25)31-21-7-9-22(10-8-21)33-15-3-6-27(33)36/h2,4-5,11,14,18-19,21-23H,3,6-10,12-13,15-17H2,1H3,(H,30,31,32). The molecule has 1 amide bonds. The van der Waals surface area contributed by atoms with E-state index < -0.39 is 0 Å². The van der Waals surface area contributed by atoms with Gasteiger partial charge in [-0.1, -0.05) is 12.1 Å². The average Bonchev–Trinajstić information content (AvgIpc) is 3.52.